The van der Waals surface area contributed by atoms with E-state index in [1.54, 1.807) is 0 Å². The molecule has 0 bridgehead atoms. The third kappa shape index (κ3) is 4.00. The summed E-state index contributed by atoms with van der Waals surface area (Å²) in [7, 11) is 0. The standard InChI is InChI=1S/C10H11F3N2O4/c11-10(12,13)19-4-1-2-5(6(14)3-4)7(16)8(17)9(15)18/h1-3,7-8,16-17H,14H2,(H2,15,18). The van der Waals surface area contributed by atoms with Crippen molar-refractivity contribution in [3.8, 4) is 5.75 Å². The molecule has 0 heterocycles. The Balaban J connectivity index is 2.97. The van der Waals surface area contributed by atoms with Crippen LogP contribution in [0, 0.1) is 0 Å². The molecule has 0 aliphatic carbocycles. The predicted molar refractivity (Wildman–Crippen MR) is 57.7 cm³/mol. The first-order valence-electron chi connectivity index (χ1n) is 4.92. The maximum Gasteiger partial charge on any atom is 0.573 e. The van der Waals surface area contributed by atoms with E-state index in [4.69, 9.17) is 11.5 Å². The zero-order valence-corrected chi connectivity index (χ0v) is 9.39. The van der Waals surface area contributed by atoms with Crippen molar-refractivity contribution in [2.24, 2.45) is 5.73 Å². The van der Waals surface area contributed by atoms with Gasteiger partial charge in [-0.05, 0) is 6.07 Å². The molecule has 0 saturated carbocycles. The van der Waals surface area contributed by atoms with Crippen LogP contribution in [0.1, 0.15) is 11.7 Å². The molecule has 0 aliphatic rings. The van der Waals surface area contributed by atoms with Gasteiger partial charge in [0.15, 0.2) is 6.10 Å². The molecule has 6 nitrogen and oxygen atoms in total. The smallest absolute Gasteiger partial charge is 0.406 e. The Labute approximate surface area is 105 Å². The van der Waals surface area contributed by atoms with E-state index in [1.807, 2.05) is 0 Å². The lowest BCUT2D eigenvalue weighted by molar-refractivity contribution is -0.274. The SMILES string of the molecule is NC(=O)C(O)C(O)c1ccc(OC(F)(F)F)cc1N. The normalized spacial score (nSPS) is 14.8. The Morgan fingerprint density at radius 1 is 1.32 bits per heavy atom. The second kappa shape index (κ2) is 5.33. The number of ether oxygens (including phenoxy) is 1. The van der Waals surface area contributed by atoms with Crippen molar-refractivity contribution in [3.63, 3.8) is 0 Å². The van der Waals surface area contributed by atoms with Gasteiger partial charge in [0.25, 0.3) is 0 Å². The van der Waals surface area contributed by atoms with Gasteiger partial charge in [-0.25, -0.2) is 0 Å². The Bertz CT molecular complexity index is 478. The highest BCUT2D eigenvalue weighted by atomic mass is 19.4. The number of halogens is 3. The Morgan fingerprint density at radius 3 is 2.32 bits per heavy atom. The van der Waals surface area contributed by atoms with Crippen LogP contribution in [-0.2, 0) is 4.79 Å². The van der Waals surface area contributed by atoms with Gasteiger partial charge >= 0.3 is 6.36 Å². The first-order chi connectivity index (χ1) is 8.61. The highest BCUT2D eigenvalue weighted by Gasteiger charge is 2.32. The first-order valence-corrected chi connectivity index (χ1v) is 4.92. The molecular formula is C10H11F3N2O4. The number of hydrogen-bond donors (Lipinski definition) is 4. The lowest BCUT2D eigenvalue weighted by atomic mass is 10.0. The molecule has 19 heavy (non-hydrogen) atoms. The fourth-order valence-corrected chi connectivity index (χ4v) is 1.34. The molecule has 9 heteroatoms. The molecule has 2 unspecified atom stereocenters. The first kappa shape index (κ1) is 15.1. The monoisotopic (exact) mass is 280 g/mol. The molecule has 1 rings (SSSR count). The van der Waals surface area contributed by atoms with E-state index in [1.165, 1.54) is 0 Å². The quantitative estimate of drug-likeness (QED) is 0.581. The van der Waals surface area contributed by atoms with Crippen LogP contribution >= 0.6 is 0 Å². The van der Waals surface area contributed by atoms with Gasteiger partial charge in [0, 0.05) is 17.3 Å². The van der Waals surface area contributed by atoms with Crippen LogP contribution in [-0.4, -0.2) is 28.6 Å². The average molecular weight is 280 g/mol. The van der Waals surface area contributed by atoms with E-state index in [0.717, 1.165) is 18.2 Å². The number of hydrogen-bond acceptors (Lipinski definition) is 5. The molecule has 2 atom stereocenters. The number of rotatable bonds is 4. The van der Waals surface area contributed by atoms with Crippen LogP contribution in [0.25, 0.3) is 0 Å². The Kier molecular flexibility index (Phi) is 4.22. The number of nitrogens with two attached hydrogens (primary N) is 2. The highest BCUT2D eigenvalue weighted by Crippen LogP contribution is 2.30. The molecule has 106 valence electrons. The second-order valence-corrected chi connectivity index (χ2v) is 3.63. The lowest BCUT2D eigenvalue weighted by Crippen LogP contribution is -2.34. The number of amides is 1. The van der Waals surface area contributed by atoms with Gasteiger partial charge in [0.2, 0.25) is 5.91 Å². The van der Waals surface area contributed by atoms with E-state index >= 15 is 0 Å². The van der Waals surface area contributed by atoms with Crippen LogP contribution in [0.15, 0.2) is 18.2 Å². The van der Waals surface area contributed by atoms with E-state index in [-0.39, 0.29) is 11.3 Å². The average Bonchev–Trinajstić information content (AvgIpc) is 2.25. The molecule has 0 saturated heterocycles. The summed E-state index contributed by atoms with van der Waals surface area (Å²) in [5, 5.41) is 18.8. The number of aliphatic hydroxyl groups excluding tert-OH is 2. The molecule has 1 aromatic carbocycles. The number of nitrogen functional groups attached to an aromatic ring is 1. The molecule has 0 aromatic heterocycles. The number of primary amides is 1. The predicted octanol–water partition coefficient (Wildman–Crippen LogP) is 0.0470. The molecule has 0 spiro atoms. The van der Waals surface area contributed by atoms with E-state index < -0.39 is 30.2 Å². The highest BCUT2D eigenvalue weighted by molar-refractivity contribution is 5.79. The van der Waals surface area contributed by atoms with E-state index in [0.29, 0.717) is 0 Å². The number of anilines is 1. The van der Waals surface area contributed by atoms with Crippen molar-refractivity contribution in [2.75, 3.05) is 5.73 Å². The van der Waals surface area contributed by atoms with Gasteiger partial charge in [-0.2, -0.15) is 0 Å². The largest absolute Gasteiger partial charge is 0.573 e. The van der Waals surface area contributed by atoms with Gasteiger partial charge in [-0.1, -0.05) is 6.07 Å². The molecule has 0 fully saturated rings. The van der Waals surface area contributed by atoms with Crippen LogP contribution in [0.5, 0.6) is 5.75 Å². The molecule has 6 N–H and O–H groups in total. The van der Waals surface area contributed by atoms with Gasteiger partial charge < -0.3 is 26.4 Å². The molecule has 0 radical (unpaired) electrons. The molecule has 0 aliphatic heterocycles. The van der Waals surface area contributed by atoms with E-state index in [2.05, 4.69) is 4.74 Å². The second-order valence-electron chi connectivity index (χ2n) is 3.63. The summed E-state index contributed by atoms with van der Waals surface area (Å²) in [6.07, 6.45) is -8.53. The minimum absolute atomic E-state index is 0.138. The zero-order valence-electron chi connectivity index (χ0n) is 9.39. The summed E-state index contributed by atoms with van der Waals surface area (Å²) in [4.78, 5) is 10.7. The van der Waals surface area contributed by atoms with Crippen LogP contribution in [0.3, 0.4) is 0 Å². The molecular weight excluding hydrogens is 269 g/mol. The Hall–Kier alpha value is -2.00. The van der Waals surface area contributed by atoms with Crippen molar-refractivity contribution in [1.29, 1.82) is 0 Å². The molecule has 1 amide bonds. The number of aliphatic hydroxyl groups is 2. The van der Waals surface area contributed by atoms with Crippen LogP contribution in [0.4, 0.5) is 18.9 Å². The number of carbonyl (C=O) groups excluding carboxylic acids is 1. The summed E-state index contributed by atoms with van der Waals surface area (Å²) in [5.74, 6) is -1.78. The fourth-order valence-electron chi connectivity index (χ4n) is 1.34. The summed E-state index contributed by atoms with van der Waals surface area (Å²) >= 11 is 0. The minimum Gasteiger partial charge on any atom is -0.406 e. The summed E-state index contributed by atoms with van der Waals surface area (Å²) in [6, 6.07) is 2.68. The Morgan fingerprint density at radius 2 is 1.89 bits per heavy atom. The minimum atomic E-state index is -4.88. The maximum atomic E-state index is 12.0. The molecule has 1 aromatic rings. The number of carbonyl (C=O) groups is 1. The summed E-state index contributed by atoms with van der Waals surface area (Å²) in [5.41, 5.74) is 9.76. The topological polar surface area (TPSA) is 119 Å². The summed E-state index contributed by atoms with van der Waals surface area (Å²) in [6.45, 7) is 0. The van der Waals surface area contributed by atoms with Crippen LogP contribution in [0.2, 0.25) is 0 Å². The van der Waals surface area contributed by atoms with Gasteiger partial charge in [-0.3, -0.25) is 4.79 Å². The number of alkyl halides is 3. The number of benzene rings is 1. The third-order valence-electron chi connectivity index (χ3n) is 2.20. The third-order valence-corrected chi connectivity index (χ3v) is 2.20. The van der Waals surface area contributed by atoms with Crippen molar-refractivity contribution >= 4 is 11.6 Å². The van der Waals surface area contributed by atoms with Crippen LogP contribution < -0.4 is 16.2 Å². The maximum absolute atomic E-state index is 12.0. The van der Waals surface area contributed by atoms with Crippen molar-refractivity contribution in [2.45, 2.75) is 18.6 Å². The van der Waals surface area contributed by atoms with Crippen molar-refractivity contribution in [1.82, 2.24) is 0 Å². The van der Waals surface area contributed by atoms with Crippen molar-refractivity contribution in [3.05, 3.63) is 23.8 Å². The van der Waals surface area contributed by atoms with E-state index in [9.17, 15) is 28.2 Å². The zero-order chi connectivity index (χ0) is 14.8. The summed E-state index contributed by atoms with van der Waals surface area (Å²) < 4.78 is 39.5. The van der Waals surface area contributed by atoms with Crippen molar-refractivity contribution < 1.29 is 32.9 Å². The van der Waals surface area contributed by atoms with Gasteiger partial charge in [-0.15, -0.1) is 13.2 Å². The van der Waals surface area contributed by atoms with Gasteiger partial charge in [0.05, 0.1) is 0 Å². The van der Waals surface area contributed by atoms with Gasteiger partial charge in [0.1, 0.15) is 11.9 Å². The fraction of sp³-hybridized carbons (Fsp3) is 0.300. The lowest BCUT2D eigenvalue weighted by Gasteiger charge is -2.18.